The van der Waals surface area contributed by atoms with E-state index >= 15 is 0 Å². The van der Waals surface area contributed by atoms with Gasteiger partial charge in [-0.15, -0.1) is 0 Å². The van der Waals surface area contributed by atoms with Gasteiger partial charge in [0.05, 0.1) is 18.2 Å². The van der Waals surface area contributed by atoms with Crippen molar-refractivity contribution in [1.82, 2.24) is 9.97 Å². The van der Waals surface area contributed by atoms with Gasteiger partial charge in [-0.05, 0) is 29.8 Å². The molecule has 0 spiro atoms. The van der Waals surface area contributed by atoms with E-state index in [0.717, 1.165) is 18.0 Å². The molecule has 190 valence electrons. The lowest BCUT2D eigenvalue weighted by Crippen LogP contribution is -2.13. The minimum Gasteiger partial charge on any atom is -0.493 e. The summed E-state index contributed by atoms with van der Waals surface area (Å²) in [5.74, 6) is 2.00. The molecule has 36 heavy (non-hydrogen) atoms. The summed E-state index contributed by atoms with van der Waals surface area (Å²) in [4.78, 5) is 20.7. The summed E-state index contributed by atoms with van der Waals surface area (Å²) in [5, 5.41) is 15.4. The zero-order valence-corrected chi connectivity index (χ0v) is 21.2. The van der Waals surface area contributed by atoms with E-state index in [-0.39, 0.29) is 17.4 Å². The van der Waals surface area contributed by atoms with Gasteiger partial charge >= 0.3 is 10.1 Å². The van der Waals surface area contributed by atoms with Crippen LogP contribution in [0, 0.1) is 10.1 Å². The third-order valence-electron chi connectivity index (χ3n) is 4.82. The molecule has 0 aliphatic heterocycles. The average Bonchev–Trinajstić information content (AvgIpc) is 2.84. The Morgan fingerprint density at radius 1 is 1.11 bits per heavy atom. The Kier molecular flexibility index (Phi) is 8.04. The van der Waals surface area contributed by atoms with Crippen LogP contribution in [0.3, 0.4) is 0 Å². The zero-order valence-electron chi connectivity index (χ0n) is 20.4. The number of aromatic nitrogens is 2. The minimum absolute atomic E-state index is 0.0973. The fourth-order valence-corrected chi connectivity index (χ4v) is 4.09. The Bertz CT molecular complexity index is 1370. The lowest BCUT2D eigenvalue weighted by atomic mass is 10.2. The largest absolute Gasteiger partial charge is 0.493 e. The summed E-state index contributed by atoms with van der Waals surface area (Å²) in [5.41, 5.74) is 2.85. The van der Waals surface area contributed by atoms with E-state index in [2.05, 4.69) is 20.5 Å². The summed E-state index contributed by atoms with van der Waals surface area (Å²) < 4.78 is 35.9. The summed E-state index contributed by atoms with van der Waals surface area (Å²) in [6, 6.07) is 11.1. The summed E-state index contributed by atoms with van der Waals surface area (Å²) in [6.45, 7) is 3.99. The molecule has 0 fully saturated rings. The molecular formula is C23H26N6O6S. The van der Waals surface area contributed by atoms with Gasteiger partial charge in [0.1, 0.15) is 11.6 Å². The number of hydrazone groups is 1. The third kappa shape index (κ3) is 6.24. The van der Waals surface area contributed by atoms with Crippen molar-refractivity contribution >= 4 is 33.7 Å². The fraction of sp³-hybridized carbons (Fsp3) is 0.261. The van der Waals surface area contributed by atoms with Gasteiger partial charge in [0.2, 0.25) is 0 Å². The smallest absolute Gasteiger partial charge is 0.346 e. The molecule has 3 aromatic rings. The Hall–Kier alpha value is -4.26. The van der Waals surface area contributed by atoms with Gasteiger partial charge < -0.3 is 13.8 Å². The zero-order chi connectivity index (χ0) is 26.5. The van der Waals surface area contributed by atoms with Crippen molar-refractivity contribution < 1.29 is 22.3 Å². The predicted molar refractivity (Wildman–Crippen MR) is 136 cm³/mol. The number of benzene rings is 2. The number of rotatable bonds is 10. The summed E-state index contributed by atoms with van der Waals surface area (Å²) in [6.07, 6.45) is 1.50. The van der Waals surface area contributed by atoms with E-state index < -0.39 is 25.6 Å². The first-order valence-corrected chi connectivity index (χ1v) is 12.1. The number of nitrogens with one attached hydrogen (secondary N) is 1. The molecule has 1 N–H and O–H groups in total. The van der Waals surface area contributed by atoms with Crippen LogP contribution in [0.1, 0.15) is 31.2 Å². The van der Waals surface area contributed by atoms with Crippen molar-refractivity contribution in [2.45, 2.75) is 24.7 Å². The highest BCUT2D eigenvalue weighted by atomic mass is 32.2. The maximum Gasteiger partial charge on any atom is 0.346 e. The molecule has 1 aromatic heterocycles. The molecule has 0 amide bonds. The van der Waals surface area contributed by atoms with Gasteiger partial charge in [-0.2, -0.15) is 13.5 Å². The van der Waals surface area contributed by atoms with Crippen LogP contribution in [0.15, 0.2) is 58.5 Å². The quantitative estimate of drug-likeness (QED) is 0.183. The van der Waals surface area contributed by atoms with Crippen LogP contribution in [0.4, 0.5) is 17.3 Å². The number of anilines is 2. The Morgan fingerprint density at radius 2 is 1.83 bits per heavy atom. The second-order valence-electron chi connectivity index (χ2n) is 8.06. The summed E-state index contributed by atoms with van der Waals surface area (Å²) >= 11 is 0. The van der Waals surface area contributed by atoms with Crippen LogP contribution in [-0.2, 0) is 10.1 Å². The van der Waals surface area contributed by atoms with Crippen molar-refractivity contribution in [2.75, 3.05) is 31.5 Å². The van der Waals surface area contributed by atoms with Crippen molar-refractivity contribution in [3.05, 3.63) is 70.0 Å². The molecule has 12 nitrogen and oxygen atoms in total. The molecule has 3 rings (SSSR count). The molecule has 0 radical (unpaired) electrons. The van der Waals surface area contributed by atoms with E-state index in [1.165, 1.54) is 37.6 Å². The van der Waals surface area contributed by atoms with E-state index in [1.807, 2.05) is 32.8 Å². The van der Waals surface area contributed by atoms with Crippen molar-refractivity contribution in [3.8, 4) is 11.5 Å². The highest BCUT2D eigenvalue weighted by Gasteiger charge is 2.28. The molecule has 0 unspecified atom stereocenters. The van der Waals surface area contributed by atoms with Gasteiger partial charge in [-0.1, -0.05) is 26.0 Å². The van der Waals surface area contributed by atoms with Gasteiger partial charge in [-0.3, -0.25) is 15.5 Å². The molecule has 2 aromatic carbocycles. The Labute approximate surface area is 208 Å². The van der Waals surface area contributed by atoms with Crippen molar-refractivity contribution in [2.24, 2.45) is 5.10 Å². The van der Waals surface area contributed by atoms with Crippen LogP contribution >= 0.6 is 0 Å². The Balaban J connectivity index is 1.82. The molecule has 0 saturated carbocycles. The number of para-hydroxylation sites is 1. The highest BCUT2D eigenvalue weighted by molar-refractivity contribution is 7.87. The number of nitro groups is 1. The monoisotopic (exact) mass is 514 g/mol. The summed E-state index contributed by atoms with van der Waals surface area (Å²) in [7, 11) is 0.609. The van der Waals surface area contributed by atoms with Gasteiger partial charge in [0, 0.05) is 32.1 Å². The molecular weight excluding hydrogens is 488 g/mol. The van der Waals surface area contributed by atoms with Crippen LogP contribution in [0.25, 0.3) is 0 Å². The number of ether oxygens (including phenoxy) is 1. The highest BCUT2D eigenvalue weighted by Crippen LogP contribution is 2.32. The van der Waals surface area contributed by atoms with E-state index in [0.29, 0.717) is 17.2 Å². The molecule has 0 atom stereocenters. The molecule has 13 heteroatoms. The number of hydrogen-bond acceptors (Lipinski definition) is 11. The first kappa shape index (κ1) is 26.3. The first-order chi connectivity index (χ1) is 17.0. The van der Waals surface area contributed by atoms with Crippen molar-refractivity contribution in [1.29, 1.82) is 0 Å². The number of methoxy groups -OCH3 is 1. The molecule has 0 aliphatic carbocycles. The van der Waals surface area contributed by atoms with Crippen LogP contribution < -0.4 is 19.2 Å². The van der Waals surface area contributed by atoms with Crippen LogP contribution in [0.2, 0.25) is 0 Å². The average molecular weight is 515 g/mol. The maximum absolute atomic E-state index is 12.7. The normalized spacial score (nSPS) is 11.5. The van der Waals surface area contributed by atoms with Crippen LogP contribution in [0.5, 0.6) is 11.5 Å². The topological polar surface area (TPSA) is 149 Å². The maximum atomic E-state index is 12.7. The SMILES string of the molecule is COc1cc(C=NNc2cc(N(C)C)nc(C(C)C)n2)ccc1OS(=O)(=O)c1ccccc1[N+](=O)[O-]. The molecule has 0 saturated heterocycles. The van der Waals surface area contributed by atoms with E-state index in [1.54, 1.807) is 12.1 Å². The number of nitrogens with zero attached hydrogens (tertiary/aromatic N) is 5. The Morgan fingerprint density at radius 3 is 2.47 bits per heavy atom. The fourth-order valence-electron chi connectivity index (χ4n) is 2.99. The molecule has 1 heterocycles. The lowest BCUT2D eigenvalue weighted by molar-refractivity contribution is -0.387. The number of hydrogen-bond donors (Lipinski definition) is 1. The van der Waals surface area contributed by atoms with E-state index in [9.17, 15) is 18.5 Å². The van der Waals surface area contributed by atoms with E-state index in [4.69, 9.17) is 8.92 Å². The van der Waals surface area contributed by atoms with Gasteiger partial charge in [0.15, 0.2) is 22.2 Å². The van der Waals surface area contributed by atoms with Crippen molar-refractivity contribution in [3.63, 3.8) is 0 Å². The lowest BCUT2D eigenvalue weighted by Gasteiger charge is -2.15. The third-order valence-corrected chi connectivity index (χ3v) is 6.10. The second-order valence-corrected chi connectivity index (χ2v) is 9.58. The molecule has 0 bridgehead atoms. The predicted octanol–water partition coefficient (Wildman–Crippen LogP) is 3.80. The minimum atomic E-state index is -4.50. The van der Waals surface area contributed by atoms with Gasteiger partial charge in [-0.25, -0.2) is 9.97 Å². The second kappa shape index (κ2) is 11.0. The van der Waals surface area contributed by atoms with Crippen LogP contribution in [-0.4, -0.2) is 50.7 Å². The van der Waals surface area contributed by atoms with Gasteiger partial charge in [0.25, 0.3) is 5.69 Å². The standard InChI is InChI=1S/C23H26N6O6S/c1-15(2)23-25-21(13-22(26-23)28(3)4)27-24-14-16-10-11-18(19(12-16)34-5)35-36(32,33)20-9-7-6-8-17(20)29(30)31/h6-15H,1-5H3,(H,25,26,27). The molecule has 0 aliphatic rings. The number of nitro benzene ring substituents is 1. The first-order valence-electron chi connectivity index (χ1n) is 10.7.